The van der Waals surface area contributed by atoms with Gasteiger partial charge in [0.2, 0.25) is 0 Å². The molecule has 1 aliphatic heterocycles. The second-order valence-corrected chi connectivity index (χ2v) is 5.16. The van der Waals surface area contributed by atoms with Crippen molar-refractivity contribution >= 4 is 0 Å². The van der Waals surface area contributed by atoms with Gasteiger partial charge in [0.15, 0.2) is 0 Å². The number of aromatic amines is 1. The Morgan fingerprint density at radius 3 is 2.79 bits per heavy atom. The van der Waals surface area contributed by atoms with Crippen molar-refractivity contribution in [3.8, 4) is 17.3 Å². The molecule has 1 aliphatic rings. The van der Waals surface area contributed by atoms with E-state index in [9.17, 15) is 0 Å². The minimum absolute atomic E-state index is 0.208. The summed E-state index contributed by atoms with van der Waals surface area (Å²) in [6.45, 7) is 4.66. The van der Waals surface area contributed by atoms with Gasteiger partial charge in [-0.25, -0.2) is 0 Å². The second kappa shape index (κ2) is 4.87. The van der Waals surface area contributed by atoms with Gasteiger partial charge in [-0.2, -0.15) is 10.4 Å². The maximum Gasteiger partial charge on any atom is 0.0924 e. The van der Waals surface area contributed by atoms with Crippen LogP contribution in [0.15, 0.2) is 30.3 Å². The Hall–Kier alpha value is -2.12. The van der Waals surface area contributed by atoms with E-state index in [0.29, 0.717) is 0 Å². The Morgan fingerprint density at radius 2 is 2.11 bits per heavy atom. The van der Waals surface area contributed by atoms with Crippen molar-refractivity contribution in [1.82, 2.24) is 15.1 Å². The summed E-state index contributed by atoms with van der Waals surface area (Å²) in [5.74, 6) is 0.208. The summed E-state index contributed by atoms with van der Waals surface area (Å²) >= 11 is 0. The zero-order chi connectivity index (χ0) is 13.2. The van der Waals surface area contributed by atoms with E-state index in [0.717, 1.165) is 36.6 Å². The van der Waals surface area contributed by atoms with Crippen molar-refractivity contribution in [1.29, 1.82) is 5.26 Å². The quantitative estimate of drug-likeness (QED) is 0.912. The summed E-state index contributed by atoms with van der Waals surface area (Å²) in [4.78, 5) is 2.25. The molecule has 1 aromatic heterocycles. The predicted molar refractivity (Wildman–Crippen MR) is 73.1 cm³/mol. The molecule has 1 N–H and O–H groups in total. The number of hydrogen-bond donors (Lipinski definition) is 1. The highest BCUT2D eigenvalue weighted by atomic mass is 15.2. The zero-order valence-corrected chi connectivity index (χ0v) is 10.9. The number of hydrogen-bond acceptors (Lipinski definition) is 3. The van der Waals surface area contributed by atoms with Gasteiger partial charge >= 0.3 is 0 Å². The van der Waals surface area contributed by atoms with Gasteiger partial charge in [-0.3, -0.25) is 10.00 Å². The summed E-state index contributed by atoms with van der Waals surface area (Å²) in [5.41, 5.74) is 4.47. The zero-order valence-electron chi connectivity index (χ0n) is 10.9. The maximum absolute atomic E-state index is 8.75. The molecule has 2 heterocycles. The van der Waals surface area contributed by atoms with Gasteiger partial charge in [-0.05, 0) is 13.0 Å². The van der Waals surface area contributed by atoms with Crippen LogP contribution in [0.1, 0.15) is 11.3 Å². The highest BCUT2D eigenvalue weighted by Crippen LogP contribution is 2.21. The van der Waals surface area contributed by atoms with Crippen molar-refractivity contribution in [3.63, 3.8) is 0 Å². The number of H-pyrrole nitrogens is 1. The molecule has 1 saturated heterocycles. The van der Waals surface area contributed by atoms with E-state index >= 15 is 0 Å². The molecule has 0 unspecified atom stereocenters. The van der Waals surface area contributed by atoms with Crippen LogP contribution in [0.4, 0.5) is 0 Å². The van der Waals surface area contributed by atoms with E-state index in [1.54, 1.807) is 0 Å². The number of nitrogens with zero attached hydrogens (tertiary/aromatic N) is 3. The summed E-state index contributed by atoms with van der Waals surface area (Å²) in [6.07, 6.45) is 0. The third-order valence-electron chi connectivity index (χ3n) is 3.51. The second-order valence-electron chi connectivity index (χ2n) is 5.16. The van der Waals surface area contributed by atoms with Crippen LogP contribution in [0.5, 0.6) is 0 Å². The molecule has 0 radical (unpaired) electrons. The Morgan fingerprint density at radius 1 is 1.37 bits per heavy atom. The summed E-state index contributed by atoms with van der Waals surface area (Å²) in [5, 5.41) is 16.2. The first kappa shape index (κ1) is 11.9. The maximum atomic E-state index is 8.75. The minimum atomic E-state index is 0.208. The first-order valence-corrected chi connectivity index (χ1v) is 6.48. The molecule has 96 valence electrons. The smallest absolute Gasteiger partial charge is 0.0924 e. The van der Waals surface area contributed by atoms with E-state index in [-0.39, 0.29) is 5.92 Å². The molecule has 0 amide bonds. The van der Waals surface area contributed by atoms with Crippen LogP contribution in [0, 0.1) is 24.2 Å². The normalized spacial score (nSPS) is 16.0. The SMILES string of the molecule is Cc1ccc(-c2cc(CN3CC(C#N)C3)[nH]n2)cc1. The fourth-order valence-electron chi connectivity index (χ4n) is 2.34. The molecule has 4 heteroatoms. The Labute approximate surface area is 112 Å². The molecule has 1 fully saturated rings. The van der Waals surface area contributed by atoms with Gasteiger partial charge in [0.1, 0.15) is 0 Å². The first-order chi connectivity index (χ1) is 9.24. The van der Waals surface area contributed by atoms with E-state index in [1.807, 2.05) is 0 Å². The molecule has 19 heavy (non-hydrogen) atoms. The van der Waals surface area contributed by atoms with Crippen LogP contribution >= 0.6 is 0 Å². The fourth-order valence-corrected chi connectivity index (χ4v) is 2.34. The summed E-state index contributed by atoms with van der Waals surface area (Å²) < 4.78 is 0. The third kappa shape index (κ3) is 2.51. The Balaban J connectivity index is 1.67. The number of rotatable bonds is 3. The van der Waals surface area contributed by atoms with E-state index < -0.39 is 0 Å². The van der Waals surface area contributed by atoms with Crippen LogP contribution < -0.4 is 0 Å². The third-order valence-corrected chi connectivity index (χ3v) is 3.51. The number of nitrogens with one attached hydrogen (secondary N) is 1. The van der Waals surface area contributed by atoms with Crippen molar-refractivity contribution in [3.05, 3.63) is 41.6 Å². The van der Waals surface area contributed by atoms with Crippen LogP contribution in [-0.4, -0.2) is 28.2 Å². The Kier molecular flexibility index (Phi) is 3.06. The van der Waals surface area contributed by atoms with Crippen LogP contribution in [-0.2, 0) is 6.54 Å². The largest absolute Gasteiger partial charge is 0.295 e. The van der Waals surface area contributed by atoms with Crippen molar-refractivity contribution < 1.29 is 0 Å². The van der Waals surface area contributed by atoms with Gasteiger partial charge in [0, 0.05) is 30.9 Å². The molecule has 4 nitrogen and oxygen atoms in total. The molecule has 0 atom stereocenters. The lowest BCUT2D eigenvalue weighted by molar-refractivity contribution is 0.125. The number of benzene rings is 1. The van der Waals surface area contributed by atoms with Crippen molar-refractivity contribution in [2.24, 2.45) is 5.92 Å². The monoisotopic (exact) mass is 252 g/mol. The highest BCUT2D eigenvalue weighted by Gasteiger charge is 2.26. The van der Waals surface area contributed by atoms with E-state index in [1.165, 1.54) is 5.56 Å². The number of aromatic nitrogens is 2. The fraction of sp³-hybridized carbons (Fsp3) is 0.333. The molecular weight excluding hydrogens is 236 g/mol. The van der Waals surface area contributed by atoms with Gasteiger partial charge in [0.05, 0.1) is 17.7 Å². The molecule has 0 saturated carbocycles. The van der Waals surface area contributed by atoms with Gasteiger partial charge in [-0.15, -0.1) is 0 Å². The summed E-state index contributed by atoms with van der Waals surface area (Å²) in [6, 6.07) is 12.7. The van der Waals surface area contributed by atoms with Crippen LogP contribution in [0.25, 0.3) is 11.3 Å². The van der Waals surface area contributed by atoms with Gasteiger partial charge < -0.3 is 0 Å². The topological polar surface area (TPSA) is 55.7 Å². The molecule has 3 rings (SSSR count). The van der Waals surface area contributed by atoms with Crippen LogP contribution in [0.3, 0.4) is 0 Å². The highest BCUT2D eigenvalue weighted by molar-refractivity contribution is 5.59. The molecular formula is C15H16N4. The minimum Gasteiger partial charge on any atom is -0.295 e. The van der Waals surface area contributed by atoms with E-state index in [2.05, 4.69) is 58.4 Å². The molecule has 1 aromatic carbocycles. The van der Waals surface area contributed by atoms with Crippen molar-refractivity contribution in [2.75, 3.05) is 13.1 Å². The Bertz CT molecular complexity index is 600. The molecule has 0 aliphatic carbocycles. The van der Waals surface area contributed by atoms with Crippen molar-refractivity contribution in [2.45, 2.75) is 13.5 Å². The first-order valence-electron chi connectivity index (χ1n) is 6.48. The standard InChI is InChI=1S/C15H16N4/c1-11-2-4-13(5-3-11)15-6-14(17-18-15)10-19-8-12(7-16)9-19/h2-6,12H,8-10H2,1H3,(H,17,18). The van der Waals surface area contributed by atoms with Crippen LogP contribution in [0.2, 0.25) is 0 Å². The van der Waals surface area contributed by atoms with Gasteiger partial charge in [0.25, 0.3) is 0 Å². The van der Waals surface area contributed by atoms with Gasteiger partial charge in [-0.1, -0.05) is 29.8 Å². The molecule has 0 spiro atoms. The molecule has 0 bridgehead atoms. The predicted octanol–water partition coefficient (Wildman–Crippen LogP) is 2.34. The number of aryl methyl sites for hydroxylation is 1. The van der Waals surface area contributed by atoms with E-state index in [4.69, 9.17) is 5.26 Å². The number of likely N-dealkylation sites (tertiary alicyclic amines) is 1. The lowest BCUT2D eigenvalue weighted by Gasteiger charge is -2.34. The number of nitriles is 1. The lowest BCUT2D eigenvalue weighted by atomic mass is 10.0. The average molecular weight is 252 g/mol. The summed E-state index contributed by atoms with van der Waals surface area (Å²) in [7, 11) is 0. The lowest BCUT2D eigenvalue weighted by Crippen LogP contribution is -2.45. The molecule has 2 aromatic rings. The average Bonchev–Trinajstić information content (AvgIpc) is 2.82.